The third kappa shape index (κ3) is 3.83. The van der Waals surface area contributed by atoms with Crippen LogP contribution in [0, 0.1) is 6.92 Å². The second-order valence-electron chi connectivity index (χ2n) is 5.29. The van der Waals surface area contributed by atoms with E-state index in [9.17, 15) is 8.42 Å². The number of sulfonamides is 1. The molecule has 2 aromatic carbocycles. The van der Waals surface area contributed by atoms with Crippen molar-refractivity contribution in [3.05, 3.63) is 53.6 Å². The minimum absolute atomic E-state index is 0.0705. The monoisotopic (exact) mass is 305 g/mol. The van der Waals surface area contributed by atoms with Crippen molar-refractivity contribution in [3.63, 3.8) is 0 Å². The predicted octanol–water partition coefficient (Wildman–Crippen LogP) is 3.56. The van der Waals surface area contributed by atoms with Crippen molar-refractivity contribution in [2.75, 3.05) is 0 Å². The maximum Gasteiger partial charge on any atom is 0.238 e. The number of primary sulfonamides is 1. The van der Waals surface area contributed by atoms with Crippen LogP contribution < -0.4 is 9.88 Å². The Hall–Kier alpha value is -1.85. The molecule has 0 fully saturated rings. The molecule has 112 valence electrons. The zero-order chi connectivity index (χ0) is 15.6. The summed E-state index contributed by atoms with van der Waals surface area (Å²) in [6.45, 7) is 6.34. The van der Waals surface area contributed by atoms with Crippen molar-refractivity contribution in [2.24, 2.45) is 5.14 Å². The van der Waals surface area contributed by atoms with Gasteiger partial charge in [-0.1, -0.05) is 19.9 Å². The average molecular weight is 305 g/mol. The van der Waals surface area contributed by atoms with Crippen LogP contribution in [0.2, 0.25) is 0 Å². The molecule has 0 heterocycles. The lowest BCUT2D eigenvalue weighted by molar-refractivity contribution is 0.481. The highest BCUT2D eigenvalue weighted by Crippen LogP contribution is 2.27. The Kier molecular flexibility index (Phi) is 4.34. The molecule has 2 aromatic rings. The van der Waals surface area contributed by atoms with E-state index < -0.39 is 10.0 Å². The van der Waals surface area contributed by atoms with Gasteiger partial charge in [0.15, 0.2) is 0 Å². The van der Waals surface area contributed by atoms with Crippen molar-refractivity contribution in [3.8, 4) is 11.5 Å². The number of nitrogens with two attached hydrogens (primary N) is 1. The first-order valence-corrected chi connectivity index (χ1v) is 8.23. The number of aryl methyl sites for hydroxylation is 1. The number of hydrogen-bond acceptors (Lipinski definition) is 3. The number of benzene rings is 2. The van der Waals surface area contributed by atoms with E-state index in [1.807, 2.05) is 25.1 Å². The van der Waals surface area contributed by atoms with E-state index >= 15 is 0 Å². The smallest absolute Gasteiger partial charge is 0.238 e. The molecule has 0 unspecified atom stereocenters. The summed E-state index contributed by atoms with van der Waals surface area (Å²) in [5.74, 6) is 1.76. The quantitative estimate of drug-likeness (QED) is 0.939. The van der Waals surface area contributed by atoms with Gasteiger partial charge in [-0.3, -0.25) is 0 Å². The summed E-state index contributed by atoms with van der Waals surface area (Å²) < 4.78 is 28.1. The highest BCUT2D eigenvalue weighted by atomic mass is 32.2. The van der Waals surface area contributed by atoms with Crippen LogP contribution in [0.1, 0.15) is 30.9 Å². The Morgan fingerprint density at radius 2 is 1.57 bits per heavy atom. The third-order valence-electron chi connectivity index (χ3n) is 3.25. The Labute approximate surface area is 125 Å². The lowest BCUT2D eigenvalue weighted by atomic mass is 9.98. The van der Waals surface area contributed by atoms with E-state index in [0.29, 0.717) is 11.7 Å². The third-order valence-corrected chi connectivity index (χ3v) is 4.18. The standard InChI is InChI=1S/C16H19NO3S/c1-11(2)16-9-6-14(10-12(16)3)20-13-4-7-15(8-5-13)21(17,18)19/h4-11H,1-3H3,(H2,17,18,19). The molecule has 0 spiro atoms. The minimum Gasteiger partial charge on any atom is -0.457 e. The first-order valence-electron chi connectivity index (χ1n) is 6.68. The Balaban J connectivity index is 2.21. The van der Waals surface area contributed by atoms with Crippen LogP contribution in [0.4, 0.5) is 0 Å². The molecule has 0 aliphatic rings. The van der Waals surface area contributed by atoms with E-state index in [0.717, 1.165) is 5.75 Å². The molecule has 0 atom stereocenters. The molecule has 0 saturated carbocycles. The fourth-order valence-electron chi connectivity index (χ4n) is 2.19. The Morgan fingerprint density at radius 1 is 1.00 bits per heavy atom. The summed E-state index contributed by atoms with van der Waals surface area (Å²) >= 11 is 0. The largest absolute Gasteiger partial charge is 0.457 e. The van der Waals surface area contributed by atoms with Crippen molar-refractivity contribution in [1.82, 2.24) is 0 Å². The van der Waals surface area contributed by atoms with Gasteiger partial charge in [-0.15, -0.1) is 0 Å². The van der Waals surface area contributed by atoms with Gasteiger partial charge in [0.25, 0.3) is 0 Å². The van der Waals surface area contributed by atoms with Gasteiger partial charge in [-0.2, -0.15) is 0 Å². The van der Waals surface area contributed by atoms with Gasteiger partial charge in [0.1, 0.15) is 11.5 Å². The summed E-state index contributed by atoms with van der Waals surface area (Å²) in [5.41, 5.74) is 2.45. The molecular formula is C16H19NO3S. The maximum absolute atomic E-state index is 11.2. The maximum atomic E-state index is 11.2. The molecule has 0 bridgehead atoms. The lowest BCUT2D eigenvalue weighted by Crippen LogP contribution is -2.11. The number of ether oxygens (including phenoxy) is 1. The highest BCUT2D eigenvalue weighted by Gasteiger charge is 2.08. The number of rotatable bonds is 4. The van der Waals surface area contributed by atoms with Gasteiger partial charge in [0.2, 0.25) is 10.0 Å². The topological polar surface area (TPSA) is 69.4 Å². The van der Waals surface area contributed by atoms with E-state index in [4.69, 9.17) is 9.88 Å². The second-order valence-corrected chi connectivity index (χ2v) is 6.85. The Morgan fingerprint density at radius 3 is 2.05 bits per heavy atom. The summed E-state index contributed by atoms with van der Waals surface area (Å²) in [7, 11) is -3.67. The van der Waals surface area contributed by atoms with Crippen molar-refractivity contribution < 1.29 is 13.2 Å². The molecule has 0 radical (unpaired) electrons. The Bertz CT molecular complexity index is 735. The van der Waals surface area contributed by atoms with Gasteiger partial charge in [-0.05, 0) is 60.4 Å². The molecule has 5 heteroatoms. The first kappa shape index (κ1) is 15.5. The molecule has 0 saturated heterocycles. The number of hydrogen-bond donors (Lipinski definition) is 1. The fraction of sp³-hybridized carbons (Fsp3) is 0.250. The van der Waals surface area contributed by atoms with Crippen LogP contribution in [0.15, 0.2) is 47.4 Å². The summed E-state index contributed by atoms with van der Waals surface area (Å²) in [5, 5.41) is 5.06. The van der Waals surface area contributed by atoms with E-state index in [-0.39, 0.29) is 4.90 Å². The van der Waals surface area contributed by atoms with E-state index in [1.165, 1.54) is 23.3 Å². The second kappa shape index (κ2) is 5.87. The minimum atomic E-state index is -3.67. The van der Waals surface area contributed by atoms with Crippen molar-refractivity contribution >= 4 is 10.0 Å². The van der Waals surface area contributed by atoms with Gasteiger partial charge < -0.3 is 4.74 Å². The van der Waals surface area contributed by atoms with Crippen molar-refractivity contribution in [1.29, 1.82) is 0 Å². The molecule has 0 aromatic heterocycles. The fourth-order valence-corrected chi connectivity index (χ4v) is 2.71. The van der Waals surface area contributed by atoms with Gasteiger partial charge in [0, 0.05) is 0 Å². The van der Waals surface area contributed by atoms with Crippen LogP contribution in [0.3, 0.4) is 0 Å². The van der Waals surface area contributed by atoms with Crippen LogP contribution in [-0.4, -0.2) is 8.42 Å². The molecule has 0 amide bonds. The van der Waals surface area contributed by atoms with E-state index in [1.54, 1.807) is 12.1 Å². The average Bonchev–Trinajstić information content (AvgIpc) is 2.38. The normalized spacial score (nSPS) is 11.7. The molecule has 2 rings (SSSR count). The summed E-state index contributed by atoms with van der Waals surface area (Å²) in [4.78, 5) is 0.0705. The highest BCUT2D eigenvalue weighted by molar-refractivity contribution is 7.89. The van der Waals surface area contributed by atoms with Crippen LogP contribution in [0.25, 0.3) is 0 Å². The molecule has 2 N–H and O–H groups in total. The molecular weight excluding hydrogens is 286 g/mol. The molecule has 21 heavy (non-hydrogen) atoms. The van der Waals surface area contributed by atoms with Gasteiger partial charge >= 0.3 is 0 Å². The van der Waals surface area contributed by atoms with Gasteiger partial charge in [-0.25, -0.2) is 13.6 Å². The summed E-state index contributed by atoms with van der Waals surface area (Å²) in [6.07, 6.45) is 0. The van der Waals surface area contributed by atoms with Crippen LogP contribution in [0.5, 0.6) is 11.5 Å². The molecule has 4 nitrogen and oxygen atoms in total. The van der Waals surface area contributed by atoms with Gasteiger partial charge in [0.05, 0.1) is 4.90 Å². The van der Waals surface area contributed by atoms with Crippen LogP contribution >= 0.6 is 0 Å². The molecule has 0 aliphatic carbocycles. The summed E-state index contributed by atoms with van der Waals surface area (Å²) in [6, 6.07) is 12.0. The van der Waals surface area contributed by atoms with Crippen LogP contribution in [-0.2, 0) is 10.0 Å². The van der Waals surface area contributed by atoms with Crippen molar-refractivity contribution in [2.45, 2.75) is 31.6 Å². The zero-order valence-electron chi connectivity index (χ0n) is 12.3. The zero-order valence-corrected chi connectivity index (χ0v) is 13.1. The molecule has 0 aliphatic heterocycles. The lowest BCUT2D eigenvalue weighted by Gasteiger charge is -2.12. The predicted molar refractivity (Wildman–Crippen MR) is 83.2 cm³/mol. The van der Waals surface area contributed by atoms with E-state index in [2.05, 4.69) is 13.8 Å². The first-order chi connectivity index (χ1) is 9.77. The SMILES string of the molecule is Cc1cc(Oc2ccc(S(N)(=O)=O)cc2)ccc1C(C)C.